The molecule has 1 fully saturated rings. The Morgan fingerprint density at radius 2 is 1.65 bits per heavy atom. The molecule has 0 bridgehead atoms. The van der Waals surface area contributed by atoms with E-state index in [1.807, 2.05) is 36.4 Å². The fourth-order valence-corrected chi connectivity index (χ4v) is 3.91. The molecule has 0 aliphatic carbocycles. The summed E-state index contributed by atoms with van der Waals surface area (Å²) in [5.74, 6) is 0.0193. The van der Waals surface area contributed by atoms with Crippen molar-refractivity contribution in [3.8, 4) is 0 Å². The monoisotopic (exact) mass is 509 g/mol. The van der Waals surface area contributed by atoms with E-state index >= 15 is 0 Å². The number of hydrogen-bond donors (Lipinski definition) is 3. The Morgan fingerprint density at radius 1 is 1.00 bits per heavy atom. The Bertz CT molecular complexity index is 1230. The number of anilines is 2. The van der Waals surface area contributed by atoms with Crippen molar-refractivity contribution in [2.75, 3.05) is 45.1 Å². The lowest BCUT2D eigenvalue weighted by atomic mass is 10.1. The second kappa shape index (κ2) is 15.1. The van der Waals surface area contributed by atoms with E-state index in [2.05, 4.69) is 38.6 Å². The molecule has 0 unspecified atom stereocenters. The summed E-state index contributed by atoms with van der Waals surface area (Å²) in [7, 11) is 2.15. The first-order chi connectivity index (χ1) is 17.8. The van der Waals surface area contributed by atoms with Crippen molar-refractivity contribution in [1.29, 1.82) is 0 Å². The number of carbonyl (C=O) groups is 3. The smallest absolute Gasteiger partial charge is 0.261 e. The van der Waals surface area contributed by atoms with E-state index < -0.39 is 0 Å². The largest absolute Gasteiger partial charge is 0.372 e. The molecule has 37 heavy (non-hydrogen) atoms. The Labute approximate surface area is 216 Å². The molecule has 11 nitrogen and oxygen atoms in total. The van der Waals surface area contributed by atoms with E-state index in [1.54, 1.807) is 23.9 Å². The maximum Gasteiger partial charge on any atom is 0.261 e. The first-order valence-corrected chi connectivity index (χ1v) is 11.9. The summed E-state index contributed by atoms with van der Waals surface area (Å²) in [6.07, 6.45) is 3.07. The second-order valence-corrected chi connectivity index (χ2v) is 8.51. The Morgan fingerprint density at radius 3 is 2.30 bits per heavy atom. The molecule has 2 heterocycles. The van der Waals surface area contributed by atoms with Crippen LogP contribution < -0.4 is 22.3 Å². The standard InChI is InChI=1S/C24H29N5O2.2CH3NO/c1-18(30)19-5-3-6-20(15-19)26-21-7-8-23-22(16-21)24(31)29(17-25-23)10-4-9-28-13-11-27(2)12-14-28;2*2-1-3/h3,5-8,15-17,26H,4,9-14H2,1-2H3;2*1H,(H2,2,3). The van der Waals surface area contributed by atoms with Gasteiger partial charge >= 0.3 is 0 Å². The molecule has 198 valence electrons. The van der Waals surface area contributed by atoms with Gasteiger partial charge in [0.15, 0.2) is 5.78 Å². The quantitative estimate of drug-likeness (QED) is 0.317. The number of benzene rings is 2. The zero-order valence-electron chi connectivity index (χ0n) is 21.3. The lowest BCUT2D eigenvalue weighted by Gasteiger charge is -2.32. The van der Waals surface area contributed by atoms with Crippen LogP contribution in [0.4, 0.5) is 11.4 Å². The molecular formula is C26H35N7O4. The zero-order valence-corrected chi connectivity index (χ0v) is 21.3. The highest BCUT2D eigenvalue weighted by Gasteiger charge is 2.13. The molecule has 0 spiro atoms. The predicted molar refractivity (Wildman–Crippen MR) is 145 cm³/mol. The number of rotatable bonds is 7. The Kier molecular flexibility index (Phi) is 11.9. The van der Waals surface area contributed by atoms with Crippen LogP contribution in [0.3, 0.4) is 0 Å². The normalized spacial score (nSPS) is 13.5. The highest BCUT2D eigenvalue weighted by atomic mass is 16.1. The lowest BCUT2D eigenvalue weighted by molar-refractivity contribution is -0.107. The van der Waals surface area contributed by atoms with E-state index in [-0.39, 0.29) is 24.2 Å². The summed E-state index contributed by atoms with van der Waals surface area (Å²) in [6.45, 7) is 7.57. The van der Waals surface area contributed by atoms with Crippen molar-refractivity contribution in [1.82, 2.24) is 19.4 Å². The number of piperazine rings is 1. The molecular weight excluding hydrogens is 474 g/mol. The van der Waals surface area contributed by atoms with Crippen LogP contribution in [0.25, 0.3) is 10.9 Å². The average Bonchev–Trinajstić information content (AvgIpc) is 2.88. The number of nitrogens with two attached hydrogens (primary N) is 2. The fourth-order valence-electron chi connectivity index (χ4n) is 3.91. The first kappa shape index (κ1) is 29.1. The number of ketones is 1. The predicted octanol–water partition coefficient (Wildman–Crippen LogP) is 1.18. The van der Waals surface area contributed by atoms with Crippen LogP contribution in [0.2, 0.25) is 0 Å². The maximum absolute atomic E-state index is 13.0. The summed E-state index contributed by atoms with van der Waals surface area (Å²) >= 11 is 0. The summed E-state index contributed by atoms with van der Waals surface area (Å²) in [6, 6.07) is 12.9. The third kappa shape index (κ3) is 9.13. The van der Waals surface area contributed by atoms with E-state index in [4.69, 9.17) is 9.59 Å². The van der Waals surface area contributed by atoms with Crippen LogP contribution in [0, 0.1) is 0 Å². The number of primary amides is 2. The van der Waals surface area contributed by atoms with Crippen molar-refractivity contribution >= 4 is 40.9 Å². The molecule has 3 aromatic rings. The van der Waals surface area contributed by atoms with Crippen LogP contribution in [0.15, 0.2) is 53.6 Å². The third-order valence-electron chi connectivity index (χ3n) is 5.85. The number of aryl methyl sites for hydroxylation is 1. The van der Waals surface area contributed by atoms with Crippen molar-refractivity contribution in [3.05, 3.63) is 64.7 Å². The topological polar surface area (TPSA) is 157 Å². The van der Waals surface area contributed by atoms with Gasteiger partial charge in [-0.3, -0.25) is 23.7 Å². The number of Topliss-reactive ketones (excluding diaryl/α,β-unsaturated/α-hetero) is 1. The van der Waals surface area contributed by atoms with Crippen LogP contribution in [0.1, 0.15) is 23.7 Å². The fraction of sp³-hybridized carbons (Fsp3) is 0.346. The van der Waals surface area contributed by atoms with Crippen LogP contribution >= 0.6 is 0 Å². The van der Waals surface area contributed by atoms with E-state index in [9.17, 15) is 9.59 Å². The van der Waals surface area contributed by atoms with Gasteiger partial charge < -0.3 is 26.6 Å². The minimum atomic E-state index is -0.0236. The van der Waals surface area contributed by atoms with Gasteiger partial charge in [-0.15, -0.1) is 0 Å². The molecule has 0 atom stereocenters. The van der Waals surface area contributed by atoms with Gasteiger partial charge in [0.25, 0.3) is 5.56 Å². The van der Waals surface area contributed by atoms with Crippen molar-refractivity contribution in [2.45, 2.75) is 19.9 Å². The Balaban J connectivity index is 0.000000733. The molecule has 0 saturated carbocycles. The molecule has 2 amide bonds. The number of likely N-dealkylation sites (N-methyl/N-ethyl adjacent to an activating group) is 1. The highest BCUT2D eigenvalue weighted by molar-refractivity contribution is 5.95. The second-order valence-electron chi connectivity index (χ2n) is 8.51. The van der Waals surface area contributed by atoms with Gasteiger partial charge in [0.1, 0.15) is 0 Å². The van der Waals surface area contributed by atoms with Gasteiger partial charge in [-0.1, -0.05) is 12.1 Å². The van der Waals surface area contributed by atoms with Crippen molar-refractivity contribution < 1.29 is 14.4 Å². The van der Waals surface area contributed by atoms with Gasteiger partial charge in [0.05, 0.1) is 17.2 Å². The Hall–Kier alpha value is -4.09. The summed E-state index contributed by atoms with van der Waals surface area (Å²) in [4.78, 5) is 51.1. The first-order valence-electron chi connectivity index (χ1n) is 11.9. The number of nitrogens with one attached hydrogen (secondary N) is 1. The van der Waals surface area contributed by atoms with Crippen molar-refractivity contribution in [2.24, 2.45) is 11.5 Å². The van der Waals surface area contributed by atoms with Crippen molar-refractivity contribution in [3.63, 3.8) is 0 Å². The van der Waals surface area contributed by atoms with E-state index in [1.165, 1.54) is 0 Å². The summed E-state index contributed by atoms with van der Waals surface area (Å²) < 4.78 is 1.71. The summed E-state index contributed by atoms with van der Waals surface area (Å²) in [5.41, 5.74) is 11.2. The van der Waals surface area contributed by atoms with Gasteiger partial charge in [0.2, 0.25) is 12.8 Å². The molecule has 1 aliphatic heterocycles. The van der Waals surface area contributed by atoms with Gasteiger partial charge in [-0.25, -0.2) is 4.98 Å². The minimum Gasteiger partial charge on any atom is -0.372 e. The number of carbonyl (C=O) groups excluding carboxylic acids is 3. The zero-order chi connectivity index (χ0) is 27.2. The molecule has 1 aliphatic rings. The van der Waals surface area contributed by atoms with Gasteiger partial charge in [-0.2, -0.15) is 0 Å². The number of hydrogen-bond acceptors (Lipinski definition) is 8. The average molecular weight is 510 g/mol. The lowest BCUT2D eigenvalue weighted by Crippen LogP contribution is -2.44. The van der Waals surface area contributed by atoms with Crippen LogP contribution in [-0.2, 0) is 16.1 Å². The number of aromatic nitrogens is 2. The maximum atomic E-state index is 13.0. The van der Waals surface area contributed by atoms with E-state index in [0.29, 0.717) is 23.0 Å². The third-order valence-corrected chi connectivity index (χ3v) is 5.85. The minimum absolute atomic E-state index is 0.0193. The van der Waals surface area contributed by atoms with E-state index in [0.717, 1.165) is 50.5 Å². The molecule has 5 N–H and O–H groups in total. The number of amides is 2. The van der Waals surface area contributed by atoms with Crippen LogP contribution in [0.5, 0.6) is 0 Å². The molecule has 11 heteroatoms. The molecule has 1 aromatic heterocycles. The summed E-state index contributed by atoms with van der Waals surface area (Å²) in [5, 5.41) is 3.88. The SMILES string of the molecule is CC(=O)c1cccc(Nc2ccc3ncn(CCCN4CCN(C)CC4)c(=O)c3c2)c1.NC=O.NC=O. The van der Waals surface area contributed by atoms with Gasteiger partial charge in [-0.05, 0) is 57.3 Å². The van der Waals surface area contributed by atoms with Crippen LogP contribution in [-0.4, -0.2) is 77.7 Å². The van der Waals surface area contributed by atoms with Gasteiger partial charge in [0, 0.05) is 49.7 Å². The number of nitrogens with zero attached hydrogens (tertiary/aromatic N) is 4. The molecule has 0 radical (unpaired) electrons. The molecule has 2 aromatic carbocycles. The number of fused-ring (bicyclic) bond motifs is 1. The molecule has 1 saturated heterocycles. The highest BCUT2D eigenvalue weighted by Crippen LogP contribution is 2.21. The molecule has 4 rings (SSSR count).